The molecule has 0 amide bonds. The van der Waals surface area contributed by atoms with Crippen LogP contribution in [0.25, 0.3) is 11.1 Å². The summed E-state index contributed by atoms with van der Waals surface area (Å²) in [5.74, 6) is 0. The van der Waals surface area contributed by atoms with Gasteiger partial charge in [-0.25, -0.2) is 4.98 Å². The van der Waals surface area contributed by atoms with Gasteiger partial charge in [-0.3, -0.25) is 0 Å². The molecule has 2 heterocycles. The summed E-state index contributed by atoms with van der Waals surface area (Å²) in [6.45, 7) is 0. The van der Waals surface area contributed by atoms with Crippen LogP contribution in [0.1, 0.15) is 5.69 Å². The van der Waals surface area contributed by atoms with E-state index in [-0.39, 0.29) is 0 Å². The molecule has 0 aliphatic carbocycles. The van der Waals surface area contributed by atoms with Crippen molar-refractivity contribution in [3.8, 4) is 17.2 Å². The molecule has 0 N–H and O–H groups in total. The van der Waals surface area contributed by atoms with Crippen LogP contribution in [0.2, 0.25) is 0 Å². The summed E-state index contributed by atoms with van der Waals surface area (Å²) >= 11 is 0. The van der Waals surface area contributed by atoms with Crippen molar-refractivity contribution in [1.82, 2.24) is 4.98 Å². The molecule has 1 aliphatic rings. The minimum absolute atomic E-state index is 0.416. The zero-order valence-electron chi connectivity index (χ0n) is 18.3. The summed E-state index contributed by atoms with van der Waals surface area (Å²) in [7, 11) is 0. The largest absolute Gasteiger partial charge is 0.306 e. The first-order chi connectivity index (χ1) is 16.8. The molecule has 1 aliphatic heterocycles. The Morgan fingerprint density at radius 2 is 1.09 bits per heavy atom. The second-order valence-corrected chi connectivity index (χ2v) is 8.08. The van der Waals surface area contributed by atoms with E-state index in [1.807, 2.05) is 12.1 Å². The number of nitriles is 1. The summed E-state index contributed by atoms with van der Waals surface area (Å²) < 4.78 is 0. The van der Waals surface area contributed by atoms with Gasteiger partial charge < -0.3 is 9.80 Å². The van der Waals surface area contributed by atoms with Gasteiger partial charge in [0, 0.05) is 23.1 Å². The number of fused-ring (bicyclic) bond motifs is 2. The van der Waals surface area contributed by atoms with Gasteiger partial charge in [0.05, 0.1) is 22.7 Å². The average molecular weight is 437 g/mol. The van der Waals surface area contributed by atoms with Gasteiger partial charge in [-0.15, -0.1) is 0 Å². The van der Waals surface area contributed by atoms with E-state index in [0.29, 0.717) is 5.69 Å². The molecule has 4 heteroatoms. The Kier molecular flexibility index (Phi) is 4.79. The first kappa shape index (κ1) is 19.8. The molecule has 0 atom stereocenters. The van der Waals surface area contributed by atoms with Crippen molar-refractivity contribution < 1.29 is 0 Å². The van der Waals surface area contributed by atoms with Gasteiger partial charge in [-0.05, 0) is 66.2 Å². The van der Waals surface area contributed by atoms with Crippen molar-refractivity contribution in [2.45, 2.75) is 0 Å². The van der Waals surface area contributed by atoms with Crippen LogP contribution in [0.3, 0.4) is 0 Å². The van der Waals surface area contributed by atoms with Crippen LogP contribution < -0.4 is 9.80 Å². The molecular weight excluding hydrogens is 416 g/mol. The van der Waals surface area contributed by atoms with Crippen LogP contribution in [-0.2, 0) is 0 Å². The van der Waals surface area contributed by atoms with E-state index in [2.05, 4.69) is 118 Å². The van der Waals surface area contributed by atoms with Crippen LogP contribution in [0.5, 0.6) is 0 Å². The first-order valence-electron chi connectivity index (χ1n) is 11.1. The lowest BCUT2D eigenvalue weighted by molar-refractivity contribution is 1.17. The van der Waals surface area contributed by atoms with Crippen LogP contribution in [-0.4, -0.2) is 4.98 Å². The maximum Gasteiger partial charge on any atom is 0.140 e. The molecule has 0 radical (unpaired) electrons. The number of hydrogen-bond donors (Lipinski definition) is 0. The molecule has 1 aromatic heterocycles. The lowest BCUT2D eigenvalue weighted by Crippen LogP contribution is -2.23. The second kappa shape index (κ2) is 8.23. The number of rotatable bonds is 3. The second-order valence-electron chi connectivity index (χ2n) is 8.08. The van der Waals surface area contributed by atoms with Gasteiger partial charge in [0.2, 0.25) is 0 Å². The SMILES string of the molecule is N#Cc1ccc(-c2cccc(N3c4ccccc4N(c4ccccc4)c4ccccc43)c2)cn1. The zero-order valence-corrected chi connectivity index (χ0v) is 18.3. The summed E-state index contributed by atoms with van der Waals surface area (Å²) in [6.07, 6.45) is 1.76. The Morgan fingerprint density at radius 1 is 0.529 bits per heavy atom. The van der Waals surface area contributed by atoms with E-state index in [4.69, 9.17) is 5.26 Å². The molecule has 0 spiro atoms. The van der Waals surface area contributed by atoms with Crippen molar-refractivity contribution in [3.63, 3.8) is 0 Å². The summed E-state index contributed by atoms with van der Waals surface area (Å²) in [5, 5.41) is 9.08. The van der Waals surface area contributed by atoms with Crippen molar-refractivity contribution in [3.05, 3.63) is 127 Å². The molecule has 5 aromatic rings. The summed E-state index contributed by atoms with van der Waals surface area (Å²) in [6, 6.07) is 41.7. The number of pyridine rings is 1. The molecule has 34 heavy (non-hydrogen) atoms. The van der Waals surface area contributed by atoms with Gasteiger partial charge in [-0.2, -0.15) is 5.26 Å². The molecule has 0 bridgehead atoms. The normalized spacial score (nSPS) is 12.0. The number of nitrogens with zero attached hydrogens (tertiary/aromatic N) is 4. The van der Waals surface area contributed by atoms with Crippen molar-refractivity contribution in [1.29, 1.82) is 5.26 Å². The van der Waals surface area contributed by atoms with E-state index in [0.717, 1.165) is 45.3 Å². The minimum atomic E-state index is 0.416. The molecule has 0 fully saturated rings. The zero-order chi connectivity index (χ0) is 22.9. The smallest absolute Gasteiger partial charge is 0.140 e. The highest BCUT2D eigenvalue weighted by Crippen LogP contribution is 2.53. The maximum absolute atomic E-state index is 9.08. The molecule has 4 nitrogen and oxygen atoms in total. The molecule has 6 rings (SSSR count). The Bertz CT molecular complexity index is 1470. The predicted octanol–water partition coefficient (Wildman–Crippen LogP) is 7.87. The predicted molar refractivity (Wildman–Crippen MR) is 137 cm³/mol. The van der Waals surface area contributed by atoms with E-state index >= 15 is 0 Å². The molecular formula is C30H20N4. The Labute approximate surface area is 198 Å². The Balaban J connectivity index is 1.53. The van der Waals surface area contributed by atoms with Crippen molar-refractivity contribution >= 4 is 34.1 Å². The van der Waals surface area contributed by atoms with Crippen LogP contribution in [0.4, 0.5) is 34.1 Å². The standard InChI is InChI=1S/C30H20N4/c31-20-24-18-17-23(21-32-24)22-9-8-12-26(19-22)34-29-15-6-4-13-27(29)33(25-10-2-1-3-11-25)28-14-5-7-16-30(28)34/h1-19,21H. The van der Waals surface area contributed by atoms with E-state index < -0.39 is 0 Å². The molecule has 0 unspecified atom stereocenters. The summed E-state index contributed by atoms with van der Waals surface area (Å²) in [5.41, 5.74) is 9.10. The lowest BCUT2D eigenvalue weighted by atomic mass is 10.0. The van der Waals surface area contributed by atoms with Crippen LogP contribution in [0, 0.1) is 11.3 Å². The van der Waals surface area contributed by atoms with E-state index in [9.17, 15) is 0 Å². The highest BCUT2D eigenvalue weighted by Gasteiger charge is 2.29. The Hall–Kier alpha value is -4.88. The number of hydrogen-bond acceptors (Lipinski definition) is 4. The third-order valence-corrected chi connectivity index (χ3v) is 6.06. The maximum atomic E-state index is 9.08. The summed E-state index contributed by atoms with van der Waals surface area (Å²) in [4.78, 5) is 8.87. The minimum Gasteiger partial charge on any atom is -0.306 e. The fourth-order valence-corrected chi connectivity index (χ4v) is 4.53. The quantitative estimate of drug-likeness (QED) is 0.283. The van der Waals surface area contributed by atoms with Gasteiger partial charge >= 0.3 is 0 Å². The number of para-hydroxylation sites is 5. The third kappa shape index (κ3) is 3.28. The first-order valence-corrected chi connectivity index (χ1v) is 11.1. The fourth-order valence-electron chi connectivity index (χ4n) is 4.53. The van der Waals surface area contributed by atoms with Crippen molar-refractivity contribution in [2.75, 3.05) is 9.80 Å². The number of aromatic nitrogens is 1. The molecule has 4 aromatic carbocycles. The van der Waals surface area contributed by atoms with Crippen LogP contribution in [0.15, 0.2) is 121 Å². The fraction of sp³-hybridized carbons (Fsp3) is 0. The monoisotopic (exact) mass is 436 g/mol. The Morgan fingerprint density at radius 3 is 1.65 bits per heavy atom. The van der Waals surface area contributed by atoms with Gasteiger partial charge in [-0.1, -0.05) is 54.6 Å². The highest BCUT2D eigenvalue weighted by molar-refractivity contribution is 6.01. The molecule has 0 saturated carbocycles. The van der Waals surface area contributed by atoms with Gasteiger partial charge in [0.25, 0.3) is 0 Å². The van der Waals surface area contributed by atoms with E-state index in [1.165, 1.54) is 0 Å². The van der Waals surface area contributed by atoms with E-state index in [1.54, 1.807) is 12.3 Å². The lowest BCUT2D eigenvalue weighted by Gasteiger charge is -2.40. The van der Waals surface area contributed by atoms with Crippen molar-refractivity contribution in [2.24, 2.45) is 0 Å². The average Bonchev–Trinajstić information content (AvgIpc) is 2.92. The van der Waals surface area contributed by atoms with Gasteiger partial charge in [0.1, 0.15) is 11.8 Å². The number of anilines is 6. The highest BCUT2D eigenvalue weighted by atomic mass is 15.3. The van der Waals surface area contributed by atoms with Crippen LogP contribution >= 0.6 is 0 Å². The number of benzene rings is 4. The topological polar surface area (TPSA) is 43.2 Å². The molecule has 0 saturated heterocycles. The molecule has 160 valence electrons. The van der Waals surface area contributed by atoms with Gasteiger partial charge in [0.15, 0.2) is 0 Å². The third-order valence-electron chi connectivity index (χ3n) is 6.06.